The van der Waals surface area contributed by atoms with Crippen LogP contribution in [0.5, 0.6) is 0 Å². The minimum atomic E-state index is 0.182. The molecule has 0 bridgehead atoms. The second-order valence-electron chi connectivity index (χ2n) is 12.6. The Hall–Kier alpha value is -5.70. The van der Waals surface area contributed by atoms with Gasteiger partial charge < -0.3 is 0 Å². The minimum absolute atomic E-state index is 0.182. The van der Waals surface area contributed by atoms with Gasteiger partial charge in [-0.3, -0.25) is 0 Å². The van der Waals surface area contributed by atoms with Crippen LogP contribution in [0, 0.1) is 22.7 Å². The third-order valence-corrected chi connectivity index (χ3v) is 10.2. The van der Waals surface area contributed by atoms with Crippen LogP contribution in [0.25, 0.3) is 33.4 Å². The van der Waals surface area contributed by atoms with Crippen LogP contribution in [0.2, 0.25) is 0 Å². The molecule has 0 aromatic heterocycles. The summed E-state index contributed by atoms with van der Waals surface area (Å²) in [6.07, 6.45) is 2.61. The third-order valence-electron chi connectivity index (χ3n) is 10.2. The van der Waals surface area contributed by atoms with Gasteiger partial charge in [0.15, 0.2) is 0 Å². The van der Waals surface area contributed by atoms with Crippen molar-refractivity contribution in [2.24, 2.45) is 0 Å². The normalized spacial score (nSPS) is 16.0. The molecule has 0 saturated carbocycles. The lowest BCUT2D eigenvalue weighted by Gasteiger charge is -2.23. The summed E-state index contributed by atoms with van der Waals surface area (Å²) in [4.78, 5) is 0. The van der Waals surface area contributed by atoms with Crippen molar-refractivity contribution >= 4 is 0 Å². The van der Waals surface area contributed by atoms with Gasteiger partial charge >= 0.3 is 0 Å². The first-order valence-corrected chi connectivity index (χ1v) is 15.7. The summed E-state index contributed by atoms with van der Waals surface area (Å²) in [6.45, 7) is 0. The molecule has 0 N–H and O–H groups in total. The number of hydrogen-bond donors (Lipinski definition) is 0. The number of nitriles is 2. The molecule has 0 fully saturated rings. The molecular weight excluding hydrogens is 544 g/mol. The van der Waals surface area contributed by atoms with E-state index in [4.69, 9.17) is 0 Å². The van der Waals surface area contributed by atoms with E-state index in [1.54, 1.807) is 0 Å². The molecule has 3 aliphatic carbocycles. The Labute approximate surface area is 263 Å². The highest BCUT2D eigenvalue weighted by Crippen LogP contribution is 2.62. The second kappa shape index (κ2) is 9.92. The van der Waals surface area contributed by atoms with Crippen molar-refractivity contribution < 1.29 is 0 Å². The summed E-state index contributed by atoms with van der Waals surface area (Å²) in [6, 6.07) is 47.9. The van der Waals surface area contributed by atoms with Crippen LogP contribution in [-0.2, 0) is 19.3 Å². The summed E-state index contributed by atoms with van der Waals surface area (Å²) in [5.74, 6) is 0.364. The van der Waals surface area contributed by atoms with Crippen molar-refractivity contribution in [3.05, 3.63) is 177 Å². The van der Waals surface area contributed by atoms with E-state index in [1.807, 2.05) is 24.3 Å². The maximum atomic E-state index is 9.68. The number of hydrogen-bond acceptors (Lipinski definition) is 2. The fourth-order valence-corrected chi connectivity index (χ4v) is 8.53. The summed E-state index contributed by atoms with van der Waals surface area (Å²) in [7, 11) is 0. The van der Waals surface area contributed by atoms with Crippen LogP contribution in [0.3, 0.4) is 0 Å². The van der Waals surface area contributed by atoms with E-state index in [-0.39, 0.29) is 11.8 Å². The molecule has 6 aromatic carbocycles. The van der Waals surface area contributed by atoms with Crippen molar-refractivity contribution in [2.45, 2.75) is 31.1 Å². The molecule has 9 rings (SSSR count). The topological polar surface area (TPSA) is 47.6 Å². The zero-order valence-corrected chi connectivity index (χ0v) is 24.7. The predicted octanol–water partition coefficient (Wildman–Crippen LogP) is 9.71. The summed E-state index contributed by atoms with van der Waals surface area (Å²) < 4.78 is 0. The average molecular weight is 573 g/mol. The number of nitrogens with zero attached hydrogens (tertiary/aromatic N) is 2. The Bertz CT molecular complexity index is 2210. The van der Waals surface area contributed by atoms with Gasteiger partial charge in [0.25, 0.3) is 0 Å². The molecule has 0 aliphatic heterocycles. The summed E-state index contributed by atoms with van der Waals surface area (Å²) in [5, 5.41) is 19.4. The van der Waals surface area contributed by atoms with E-state index in [0.717, 1.165) is 19.3 Å². The van der Waals surface area contributed by atoms with Gasteiger partial charge in [0.2, 0.25) is 0 Å². The van der Waals surface area contributed by atoms with E-state index in [1.165, 1.54) is 77.9 Å². The van der Waals surface area contributed by atoms with Crippen LogP contribution in [0.4, 0.5) is 0 Å². The maximum Gasteiger partial charge on any atom is 0.0991 e. The van der Waals surface area contributed by atoms with Crippen LogP contribution < -0.4 is 0 Å². The van der Waals surface area contributed by atoms with Gasteiger partial charge in [0, 0.05) is 11.8 Å². The van der Waals surface area contributed by atoms with Crippen molar-refractivity contribution in [1.82, 2.24) is 0 Å². The molecule has 6 aromatic rings. The minimum Gasteiger partial charge on any atom is -0.192 e. The first-order chi connectivity index (χ1) is 22.2. The number of fused-ring (bicyclic) bond motifs is 12. The molecule has 0 heterocycles. The smallest absolute Gasteiger partial charge is 0.0991 e. The lowest BCUT2D eigenvalue weighted by molar-refractivity contribution is 0.814. The molecule has 0 spiro atoms. The van der Waals surface area contributed by atoms with Crippen LogP contribution in [0.15, 0.2) is 121 Å². The number of benzene rings is 6. The standard InChI is InChI=1S/C43H28N2/c44-24-28-11-7-9-26(19-28)21-36-32-15-3-5-17-34(32)40-38-23-30-13-1-2-14-31(30)39(38)42-37(22-27-10-8-12-29(20-27)25-45)33-16-4-6-18-35(33)41(42)43(36)40/h1-20,36-37H,21-23H2/t36-,37-/m1/s1. The van der Waals surface area contributed by atoms with Gasteiger partial charge in [-0.15, -0.1) is 0 Å². The molecule has 0 saturated heterocycles. The monoisotopic (exact) mass is 572 g/mol. The molecular formula is C43H28N2. The molecule has 0 unspecified atom stereocenters. The molecule has 2 atom stereocenters. The second-order valence-corrected chi connectivity index (χ2v) is 12.6. The maximum absolute atomic E-state index is 9.68. The van der Waals surface area contributed by atoms with E-state index in [9.17, 15) is 10.5 Å². The predicted molar refractivity (Wildman–Crippen MR) is 179 cm³/mol. The first-order valence-electron chi connectivity index (χ1n) is 15.7. The zero-order valence-electron chi connectivity index (χ0n) is 24.7. The fourth-order valence-electron chi connectivity index (χ4n) is 8.53. The van der Waals surface area contributed by atoms with Crippen LogP contribution in [-0.4, -0.2) is 0 Å². The lowest BCUT2D eigenvalue weighted by Crippen LogP contribution is -2.07. The van der Waals surface area contributed by atoms with Gasteiger partial charge in [0.05, 0.1) is 23.3 Å². The lowest BCUT2D eigenvalue weighted by atomic mass is 9.79. The van der Waals surface area contributed by atoms with Gasteiger partial charge in [-0.2, -0.15) is 10.5 Å². The van der Waals surface area contributed by atoms with Crippen molar-refractivity contribution in [2.75, 3.05) is 0 Å². The summed E-state index contributed by atoms with van der Waals surface area (Å²) in [5.41, 5.74) is 20.6. The SMILES string of the molecule is N#Cc1cccc(C[C@@H]2c3ccccc3-c3c2c2c(c4c3[C@H](Cc3cccc(C#N)c3)c3ccccc3-4)Cc3ccccc3-2)c1. The Kier molecular flexibility index (Phi) is 5.68. The Morgan fingerprint density at radius 3 is 1.58 bits per heavy atom. The van der Waals surface area contributed by atoms with Gasteiger partial charge in [-0.05, 0) is 121 Å². The molecule has 45 heavy (non-hydrogen) atoms. The van der Waals surface area contributed by atoms with E-state index >= 15 is 0 Å². The van der Waals surface area contributed by atoms with Crippen molar-refractivity contribution in [3.63, 3.8) is 0 Å². The van der Waals surface area contributed by atoms with Crippen LogP contribution in [0.1, 0.15) is 67.5 Å². The fraction of sp³-hybridized carbons (Fsp3) is 0.116. The number of rotatable bonds is 4. The van der Waals surface area contributed by atoms with Crippen LogP contribution >= 0.6 is 0 Å². The zero-order chi connectivity index (χ0) is 30.1. The molecule has 2 nitrogen and oxygen atoms in total. The Morgan fingerprint density at radius 1 is 0.511 bits per heavy atom. The largest absolute Gasteiger partial charge is 0.192 e. The van der Waals surface area contributed by atoms with E-state index < -0.39 is 0 Å². The van der Waals surface area contributed by atoms with Crippen molar-refractivity contribution in [3.8, 4) is 45.5 Å². The quantitative estimate of drug-likeness (QED) is 0.211. The molecule has 3 aliphatic rings. The Morgan fingerprint density at radius 2 is 1.00 bits per heavy atom. The van der Waals surface area contributed by atoms with Gasteiger partial charge in [-0.1, -0.05) is 97.1 Å². The molecule has 210 valence electrons. The highest BCUT2D eigenvalue weighted by atomic mass is 14.5. The van der Waals surface area contributed by atoms with E-state index in [2.05, 4.69) is 109 Å². The van der Waals surface area contributed by atoms with E-state index in [0.29, 0.717) is 11.1 Å². The average Bonchev–Trinajstić information content (AvgIpc) is 3.73. The first kappa shape index (κ1) is 25.8. The third kappa shape index (κ3) is 3.80. The van der Waals surface area contributed by atoms with Gasteiger partial charge in [0.1, 0.15) is 0 Å². The van der Waals surface area contributed by atoms with Crippen molar-refractivity contribution in [1.29, 1.82) is 10.5 Å². The summed E-state index contributed by atoms with van der Waals surface area (Å²) >= 11 is 0. The molecule has 2 heteroatoms. The Balaban J connectivity index is 1.35. The van der Waals surface area contributed by atoms with Gasteiger partial charge in [-0.25, -0.2) is 0 Å². The molecule has 0 radical (unpaired) electrons. The highest BCUT2D eigenvalue weighted by molar-refractivity contribution is 6.02. The highest BCUT2D eigenvalue weighted by Gasteiger charge is 2.43. The molecule has 0 amide bonds.